The second-order valence-electron chi connectivity index (χ2n) is 6.07. The maximum Gasteiger partial charge on any atom is 0.341 e. The van der Waals surface area contributed by atoms with Crippen molar-refractivity contribution in [3.8, 4) is 5.75 Å². The van der Waals surface area contributed by atoms with Gasteiger partial charge in [-0.3, -0.25) is 4.79 Å². The molecule has 6 heteroatoms. The first kappa shape index (κ1) is 17.0. The zero-order chi connectivity index (χ0) is 18.0. The molecule has 2 aromatic rings. The van der Waals surface area contributed by atoms with Gasteiger partial charge < -0.3 is 14.7 Å². The number of ether oxygens (including phenoxy) is 1. The van der Waals surface area contributed by atoms with E-state index in [0.717, 1.165) is 12.0 Å². The first-order chi connectivity index (χ1) is 12.0. The second kappa shape index (κ2) is 6.93. The maximum absolute atomic E-state index is 13.0. The minimum Gasteiger partial charge on any atom is -0.482 e. The van der Waals surface area contributed by atoms with E-state index in [4.69, 9.17) is 9.84 Å². The highest BCUT2D eigenvalue weighted by Crippen LogP contribution is 2.48. The lowest BCUT2D eigenvalue weighted by molar-refractivity contribution is -0.139. The molecule has 0 radical (unpaired) electrons. The lowest BCUT2D eigenvalue weighted by Crippen LogP contribution is -2.28. The molecular weight excluding hydrogens is 325 g/mol. The highest BCUT2D eigenvalue weighted by molar-refractivity contribution is 5.97. The summed E-state index contributed by atoms with van der Waals surface area (Å²) in [6.45, 7) is -0.407. The van der Waals surface area contributed by atoms with Crippen LogP contribution in [0.15, 0.2) is 48.5 Å². The molecule has 130 valence electrons. The number of hydrogen-bond donors (Lipinski definition) is 1. The number of halogens is 1. The maximum atomic E-state index is 13.0. The summed E-state index contributed by atoms with van der Waals surface area (Å²) in [5, 5.41) is 8.59. The predicted molar refractivity (Wildman–Crippen MR) is 90.2 cm³/mol. The molecule has 0 aromatic heterocycles. The number of aliphatic carboxylic acids is 1. The van der Waals surface area contributed by atoms with Crippen molar-refractivity contribution in [2.24, 2.45) is 5.92 Å². The van der Waals surface area contributed by atoms with Gasteiger partial charge >= 0.3 is 5.97 Å². The van der Waals surface area contributed by atoms with Gasteiger partial charge in [0.2, 0.25) is 5.91 Å². The largest absolute Gasteiger partial charge is 0.482 e. The summed E-state index contributed by atoms with van der Waals surface area (Å²) < 4.78 is 18.1. The van der Waals surface area contributed by atoms with Crippen molar-refractivity contribution in [3.05, 3.63) is 59.9 Å². The highest BCUT2D eigenvalue weighted by atomic mass is 19.1. The molecule has 0 unspecified atom stereocenters. The number of carbonyl (C=O) groups is 2. The summed E-state index contributed by atoms with van der Waals surface area (Å²) in [4.78, 5) is 24.7. The predicted octanol–water partition coefficient (Wildman–Crippen LogP) is 3.06. The molecule has 0 bridgehead atoms. The van der Waals surface area contributed by atoms with Crippen LogP contribution in [0.1, 0.15) is 17.9 Å². The van der Waals surface area contributed by atoms with Crippen molar-refractivity contribution in [3.63, 3.8) is 0 Å². The molecule has 1 N–H and O–H groups in total. The van der Waals surface area contributed by atoms with Crippen molar-refractivity contribution in [1.82, 2.24) is 0 Å². The fourth-order valence-electron chi connectivity index (χ4n) is 2.83. The number of hydrogen-bond acceptors (Lipinski definition) is 3. The van der Waals surface area contributed by atoms with Gasteiger partial charge in [0.15, 0.2) is 6.61 Å². The third kappa shape index (κ3) is 3.96. The molecule has 0 spiro atoms. The number of anilines is 1. The van der Waals surface area contributed by atoms with Gasteiger partial charge in [-0.1, -0.05) is 12.1 Å². The third-order valence-electron chi connectivity index (χ3n) is 4.32. The van der Waals surface area contributed by atoms with Crippen LogP contribution < -0.4 is 9.64 Å². The standard InChI is InChI=1S/C19H18FNO4/c1-21(14-6-8-15(9-7-14)25-11-18(22)23)19(24)17-10-16(17)12-2-4-13(20)5-3-12/h2-9,16-17H,10-11H2,1H3,(H,22,23)/t16-,17+/m0/s1. The summed E-state index contributed by atoms with van der Waals surface area (Å²) in [6, 6.07) is 13.0. The van der Waals surface area contributed by atoms with E-state index in [2.05, 4.69) is 0 Å². The van der Waals surface area contributed by atoms with E-state index < -0.39 is 12.6 Å². The Morgan fingerprint density at radius 1 is 1.16 bits per heavy atom. The molecular formula is C19H18FNO4. The topological polar surface area (TPSA) is 66.8 Å². The molecule has 25 heavy (non-hydrogen) atoms. The molecule has 0 saturated heterocycles. The van der Waals surface area contributed by atoms with E-state index in [1.807, 2.05) is 0 Å². The molecule has 0 heterocycles. The van der Waals surface area contributed by atoms with Crippen LogP contribution in [0.4, 0.5) is 10.1 Å². The Morgan fingerprint density at radius 3 is 2.40 bits per heavy atom. The lowest BCUT2D eigenvalue weighted by Gasteiger charge is -2.18. The first-order valence-corrected chi connectivity index (χ1v) is 7.93. The van der Waals surface area contributed by atoms with Gasteiger partial charge in [0, 0.05) is 18.7 Å². The number of rotatable bonds is 6. The zero-order valence-corrected chi connectivity index (χ0v) is 13.7. The molecule has 2 aromatic carbocycles. The van der Waals surface area contributed by atoms with E-state index in [1.165, 1.54) is 12.1 Å². The van der Waals surface area contributed by atoms with Crippen LogP contribution in [0.3, 0.4) is 0 Å². The van der Waals surface area contributed by atoms with Gasteiger partial charge in [-0.05, 0) is 54.3 Å². The molecule has 1 saturated carbocycles. The fraction of sp³-hybridized carbons (Fsp3) is 0.263. The summed E-state index contributed by atoms with van der Waals surface area (Å²) >= 11 is 0. The Balaban J connectivity index is 1.61. The lowest BCUT2D eigenvalue weighted by atomic mass is 10.1. The van der Waals surface area contributed by atoms with Crippen molar-refractivity contribution < 1.29 is 23.8 Å². The SMILES string of the molecule is CN(C(=O)[C@@H]1C[C@H]1c1ccc(F)cc1)c1ccc(OCC(=O)O)cc1. The Hall–Kier alpha value is -2.89. The van der Waals surface area contributed by atoms with Crippen LogP contribution in [0, 0.1) is 11.7 Å². The van der Waals surface area contributed by atoms with Crippen LogP contribution in [-0.4, -0.2) is 30.6 Å². The quantitative estimate of drug-likeness (QED) is 0.875. The van der Waals surface area contributed by atoms with Crippen molar-refractivity contribution in [2.45, 2.75) is 12.3 Å². The van der Waals surface area contributed by atoms with Crippen molar-refractivity contribution >= 4 is 17.6 Å². The molecule has 1 aliphatic carbocycles. The Labute approximate surface area is 144 Å². The van der Waals surface area contributed by atoms with E-state index in [0.29, 0.717) is 11.4 Å². The molecule has 5 nitrogen and oxygen atoms in total. The summed E-state index contributed by atoms with van der Waals surface area (Å²) in [5.74, 6) is -0.852. The average Bonchev–Trinajstić information content (AvgIpc) is 3.40. The molecule has 1 amide bonds. The van der Waals surface area contributed by atoms with Gasteiger partial charge in [0.1, 0.15) is 11.6 Å². The average molecular weight is 343 g/mol. The van der Waals surface area contributed by atoms with Crippen LogP contribution in [-0.2, 0) is 9.59 Å². The Bertz CT molecular complexity index is 773. The van der Waals surface area contributed by atoms with Gasteiger partial charge in [-0.15, -0.1) is 0 Å². The number of benzene rings is 2. The number of carbonyl (C=O) groups excluding carboxylic acids is 1. The van der Waals surface area contributed by atoms with Crippen LogP contribution in [0.25, 0.3) is 0 Å². The Kier molecular flexibility index (Phi) is 4.70. The van der Waals surface area contributed by atoms with Crippen LogP contribution in [0.2, 0.25) is 0 Å². The molecule has 3 rings (SSSR count). The number of nitrogens with zero attached hydrogens (tertiary/aromatic N) is 1. The monoisotopic (exact) mass is 343 g/mol. The second-order valence-corrected chi connectivity index (χ2v) is 6.07. The van der Waals surface area contributed by atoms with Gasteiger partial charge in [-0.2, -0.15) is 0 Å². The van der Waals surface area contributed by atoms with Crippen molar-refractivity contribution in [1.29, 1.82) is 0 Å². The van der Waals surface area contributed by atoms with Crippen LogP contribution in [0.5, 0.6) is 5.75 Å². The van der Waals surface area contributed by atoms with Crippen LogP contribution >= 0.6 is 0 Å². The zero-order valence-electron chi connectivity index (χ0n) is 13.7. The van der Waals surface area contributed by atoms with Gasteiger partial charge in [0.25, 0.3) is 0 Å². The molecule has 0 aliphatic heterocycles. The van der Waals surface area contributed by atoms with E-state index >= 15 is 0 Å². The third-order valence-corrected chi connectivity index (χ3v) is 4.32. The van der Waals surface area contributed by atoms with E-state index in [1.54, 1.807) is 48.3 Å². The van der Waals surface area contributed by atoms with Gasteiger partial charge in [-0.25, -0.2) is 9.18 Å². The first-order valence-electron chi connectivity index (χ1n) is 7.93. The van der Waals surface area contributed by atoms with Crippen molar-refractivity contribution in [2.75, 3.05) is 18.6 Å². The smallest absolute Gasteiger partial charge is 0.341 e. The normalized spacial score (nSPS) is 18.5. The number of carboxylic acid groups (broad SMARTS) is 1. The van der Waals surface area contributed by atoms with E-state index in [9.17, 15) is 14.0 Å². The minimum absolute atomic E-state index is 0.00790. The Morgan fingerprint density at radius 2 is 1.80 bits per heavy atom. The summed E-state index contributed by atoms with van der Waals surface area (Å²) in [5.41, 5.74) is 1.68. The summed E-state index contributed by atoms with van der Waals surface area (Å²) in [7, 11) is 1.70. The minimum atomic E-state index is -1.04. The number of carboxylic acids is 1. The van der Waals surface area contributed by atoms with Gasteiger partial charge in [0.05, 0.1) is 0 Å². The summed E-state index contributed by atoms with van der Waals surface area (Å²) in [6.07, 6.45) is 0.759. The molecule has 2 atom stereocenters. The number of amides is 1. The highest BCUT2D eigenvalue weighted by Gasteiger charge is 2.45. The fourth-order valence-corrected chi connectivity index (χ4v) is 2.83. The molecule has 1 fully saturated rings. The van der Waals surface area contributed by atoms with E-state index in [-0.39, 0.29) is 23.6 Å². The molecule has 1 aliphatic rings.